The van der Waals surface area contributed by atoms with Crippen molar-refractivity contribution < 1.29 is 50.9 Å². The monoisotopic (exact) mass is 109 g/mol. The summed E-state index contributed by atoms with van der Waals surface area (Å²) in [6.45, 7) is -3.08. The number of hydrogen-bond acceptors (Lipinski definition) is 0. The summed E-state index contributed by atoms with van der Waals surface area (Å²) in [5.74, 6) is 0. The smallest absolute Gasteiger partial charge is 0.162 e. The molecule has 0 spiro atoms. The van der Waals surface area contributed by atoms with Crippen molar-refractivity contribution in [2.24, 2.45) is 0 Å². The summed E-state index contributed by atoms with van der Waals surface area (Å²) < 4.78 is 28.8. The summed E-state index contributed by atoms with van der Waals surface area (Å²) in [6, 6.07) is 0. The molecule has 0 saturated heterocycles. The van der Waals surface area contributed by atoms with Gasteiger partial charge in [-0.25, -0.2) is 0 Å². The van der Waals surface area contributed by atoms with E-state index in [2.05, 4.69) is 0 Å². The van der Waals surface area contributed by atoms with E-state index >= 15 is 0 Å². The Bertz CT molecular complexity index is 11.6. The number of hydrogen-bond donors (Lipinski definition) is 0. The van der Waals surface area contributed by atoms with Gasteiger partial charge in [0.1, 0.15) is 0 Å². The van der Waals surface area contributed by atoms with Crippen LogP contribution in [0.4, 0.5) is 13.2 Å². The summed E-state index contributed by atoms with van der Waals surface area (Å²) in [6.07, 6.45) is 0. The van der Waals surface area contributed by atoms with E-state index in [0.29, 0.717) is 0 Å². The van der Waals surface area contributed by atoms with Crippen molar-refractivity contribution in [1.29, 1.82) is 0 Å². The van der Waals surface area contributed by atoms with Gasteiger partial charge < -0.3 is 0 Å². The Kier molecular flexibility index (Phi) is 9.50. The molecule has 0 aliphatic heterocycles. The van der Waals surface area contributed by atoms with Gasteiger partial charge >= 0.3 is 6.68 Å². The molecule has 0 aliphatic carbocycles. The van der Waals surface area contributed by atoms with E-state index in [1.807, 2.05) is 0 Å². The minimum atomic E-state index is -3.08. The third kappa shape index (κ3) is 42.6. The Hall–Kier alpha value is 1.05. The molecule has 0 nitrogen and oxygen atoms in total. The van der Waals surface area contributed by atoms with Crippen molar-refractivity contribution in [3.63, 3.8) is 0 Å². The maximum atomic E-state index is 9.58. The zero-order valence-corrected chi connectivity index (χ0v) is 2.69. The molecule has 33 valence electrons. The van der Waals surface area contributed by atoms with E-state index < -0.39 is 6.68 Å². The van der Waals surface area contributed by atoms with Crippen molar-refractivity contribution in [2.45, 2.75) is 0 Å². The predicted octanol–water partition coefficient (Wildman–Crippen LogP) is 1.34. The largest absolute Gasteiger partial charge is 0.487 e. The van der Waals surface area contributed by atoms with Crippen LogP contribution in [0, 0.1) is 44.4 Å². The number of halogens is 3. The predicted molar refractivity (Wildman–Crippen MR) is 6.57 cm³/mol. The van der Waals surface area contributed by atoms with Crippen LogP contribution in [-0.2, 0) is 0 Å². The molecule has 0 heterocycles. The van der Waals surface area contributed by atoms with Gasteiger partial charge in [-0.15, -0.1) is 0 Å². The minimum Gasteiger partial charge on any atom is -0.162 e. The molecule has 0 atom stereocenters. The van der Waals surface area contributed by atoms with Crippen molar-refractivity contribution in [3.8, 4) is 0 Å². The third-order valence-electron chi connectivity index (χ3n) is 0. The van der Waals surface area contributed by atoms with Crippen molar-refractivity contribution >= 4 is 0 Å². The zero-order chi connectivity index (χ0) is 3.58. The Morgan fingerprint density at radius 3 is 1.00 bits per heavy atom. The van der Waals surface area contributed by atoms with Gasteiger partial charge in [-0.1, -0.05) is 0 Å². The van der Waals surface area contributed by atoms with E-state index in [4.69, 9.17) is 0 Å². The first-order valence-corrected chi connectivity index (χ1v) is 0.567. The van der Waals surface area contributed by atoms with E-state index in [0.717, 1.165) is 0 Å². The molecule has 0 aromatic heterocycles. The summed E-state index contributed by atoms with van der Waals surface area (Å²) in [4.78, 5) is 0. The first kappa shape index (κ1) is 9.41. The molecule has 0 rings (SSSR count). The van der Waals surface area contributed by atoms with Crippen LogP contribution in [-0.4, -0.2) is 0 Å². The second-order valence-electron chi connectivity index (χ2n) is 0.214. The summed E-state index contributed by atoms with van der Waals surface area (Å²) in [5, 5.41) is 0. The molecular formula is CArF3. The second-order valence-corrected chi connectivity index (χ2v) is 0.214. The van der Waals surface area contributed by atoms with E-state index in [1.54, 1.807) is 0 Å². The van der Waals surface area contributed by atoms with Gasteiger partial charge in [-0.05, 0) is 0 Å². The molecule has 0 aromatic rings. The Morgan fingerprint density at radius 2 is 1.00 bits per heavy atom. The molecule has 0 N–H and O–H groups in total. The first-order valence-electron chi connectivity index (χ1n) is 0.567. The van der Waals surface area contributed by atoms with Gasteiger partial charge in [0.15, 0.2) is 0 Å². The standard InChI is InChI=1S/CF3.Ar/c2-1(3)4;. The van der Waals surface area contributed by atoms with Gasteiger partial charge in [0, 0.05) is 37.7 Å². The second kappa shape index (κ2) is 5.05. The molecule has 1 radical (unpaired) electrons. The maximum Gasteiger partial charge on any atom is 0.487 e. The van der Waals surface area contributed by atoms with Crippen LogP contribution >= 0.6 is 0 Å². The Labute approximate surface area is 57.4 Å². The topological polar surface area (TPSA) is 0 Å². The molecule has 4 heteroatoms. The fraction of sp³-hybridized carbons (Fsp3) is 0. The van der Waals surface area contributed by atoms with Crippen molar-refractivity contribution in [2.75, 3.05) is 0 Å². The summed E-state index contributed by atoms with van der Waals surface area (Å²) in [7, 11) is 0. The molecule has 0 aliphatic rings. The summed E-state index contributed by atoms with van der Waals surface area (Å²) >= 11 is 0. The van der Waals surface area contributed by atoms with Crippen LogP contribution in [0.5, 0.6) is 0 Å². The number of rotatable bonds is 0. The third-order valence-corrected chi connectivity index (χ3v) is 0. The molecular weight excluding hydrogens is 109 g/mol. The summed E-state index contributed by atoms with van der Waals surface area (Å²) in [5.41, 5.74) is 0. The fourth-order valence-electron chi connectivity index (χ4n) is 0. The van der Waals surface area contributed by atoms with Gasteiger partial charge in [0.2, 0.25) is 0 Å². The average molecular weight is 109 g/mol. The van der Waals surface area contributed by atoms with Crippen LogP contribution in [0.3, 0.4) is 0 Å². The first-order chi connectivity index (χ1) is 1.73. The van der Waals surface area contributed by atoms with Crippen LogP contribution < -0.4 is 0 Å². The van der Waals surface area contributed by atoms with Gasteiger partial charge in [0.05, 0.1) is 0 Å². The zero-order valence-electron chi connectivity index (χ0n) is 1.99. The minimum absolute atomic E-state index is 0. The molecule has 0 unspecified atom stereocenters. The average Bonchev–Trinajstić information content (AvgIpc) is 0.811. The SMILES string of the molecule is F[C](F)F.[Ar]. The maximum absolute atomic E-state index is 9.58. The van der Waals surface area contributed by atoms with E-state index in [-0.39, 0.29) is 37.7 Å². The van der Waals surface area contributed by atoms with Gasteiger partial charge in [-0.2, -0.15) is 13.2 Å². The van der Waals surface area contributed by atoms with Crippen molar-refractivity contribution in [3.05, 3.63) is 6.68 Å². The Morgan fingerprint density at radius 1 is 1.00 bits per heavy atom. The van der Waals surface area contributed by atoms with Crippen LogP contribution in [0.15, 0.2) is 0 Å². The normalized spacial score (nSPS) is 7.20. The molecule has 0 bridgehead atoms. The van der Waals surface area contributed by atoms with E-state index in [9.17, 15) is 13.2 Å². The van der Waals surface area contributed by atoms with E-state index in [1.165, 1.54) is 0 Å². The molecule has 0 saturated carbocycles. The molecule has 5 heavy (non-hydrogen) atoms. The van der Waals surface area contributed by atoms with Crippen LogP contribution in [0.25, 0.3) is 0 Å². The Balaban J connectivity index is 0. The van der Waals surface area contributed by atoms with Crippen LogP contribution in [0.2, 0.25) is 0 Å². The van der Waals surface area contributed by atoms with Crippen molar-refractivity contribution in [1.82, 2.24) is 0 Å². The quantitative estimate of drug-likeness (QED) is 0.440. The fourth-order valence-corrected chi connectivity index (χ4v) is 0. The molecule has 0 amide bonds. The van der Waals surface area contributed by atoms with Gasteiger partial charge in [-0.3, -0.25) is 0 Å². The van der Waals surface area contributed by atoms with Crippen LogP contribution in [0.1, 0.15) is 0 Å². The van der Waals surface area contributed by atoms with Gasteiger partial charge in [0.25, 0.3) is 0 Å². The molecule has 0 aromatic carbocycles. The molecule has 0 fully saturated rings.